The van der Waals surface area contributed by atoms with Crippen LogP contribution < -0.4 is 5.32 Å². The molecule has 3 aromatic rings. The molecule has 25 heavy (non-hydrogen) atoms. The van der Waals surface area contributed by atoms with Gasteiger partial charge in [-0.25, -0.2) is 4.98 Å². The largest absolute Gasteiger partial charge is 0.352 e. The summed E-state index contributed by atoms with van der Waals surface area (Å²) in [5, 5.41) is 3.01. The molecule has 0 aliphatic rings. The molecular formula is C21H23N3O. The van der Waals surface area contributed by atoms with Crippen LogP contribution in [-0.2, 0) is 6.54 Å². The standard InChI is InChI=1S/C21H23N3O/c1-16-9-10-19(17(2)15-16)21(25)23-11-6-13-24-14-12-22-20(24)18-7-4-3-5-8-18/h3-5,7-10,12,14-15H,6,11,13H2,1-2H3,(H,23,25). The minimum absolute atomic E-state index is 0.00795. The smallest absolute Gasteiger partial charge is 0.251 e. The Labute approximate surface area is 148 Å². The summed E-state index contributed by atoms with van der Waals surface area (Å²) in [6.45, 7) is 5.46. The Morgan fingerprint density at radius 2 is 1.92 bits per heavy atom. The lowest BCUT2D eigenvalue weighted by Gasteiger charge is -2.10. The van der Waals surface area contributed by atoms with Crippen molar-refractivity contribution in [3.8, 4) is 11.4 Å². The molecule has 0 fully saturated rings. The van der Waals surface area contributed by atoms with Gasteiger partial charge in [-0.2, -0.15) is 0 Å². The van der Waals surface area contributed by atoms with Crippen LogP contribution in [0.15, 0.2) is 60.9 Å². The number of carbonyl (C=O) groups is 1. The Morgan fingerprint density at radius 3 is 2.68 bits per heavy atom. The predicted octanol–water partition coefficient (Wildman–Crippen LogP) is 3.99. The van der Waals surface area contributed by atoms with Gasteiger partial charge in [-0.3, -0.25) is 4.79 Å². The molecule has 1 amide bonds. The van der Waals surface area contributed by atoms with Crippen molar-refractivity contribution < 1.29 is 4.79 Å². The lowest BCUT2D eigenvalue weighted by molar-refractivity contribution is 0.0952. The zero-order valence-corrected chi connectivity index (χ0v) is 14.7. The number of imidazole rings is 1. The van der Waals surface area contributed by atoms with E-state index in [0.29, 0.717) is 6.54 Å². The average molecular weight is 333 g/mol. The van der Waals surface area contributed by atoms with E-state index in [4.69, 9.17) is 0 Å². The molecule has 0 saturated carbocycles. The van der Waals surface area contributed by atoms with Crippen molar-refractivity contribution in [3.63, 3.8) is 0 Å². The van der Waals surface area contributed by atoms with Crippen LogP contribution in [0.1, 0.15) is 27.9 Å². The first-order valence-corrected chi connectivity index (χ1v) is 8.57. The number of nitrogens with one attached hydrogen (secondary N) is 1. The molecule has 1 heterocycles. The second-order valence-corrected chi connectivity index (χ2v) is 6.24. The normalized spacial score (nSPS) is 10.6. The molecule has 128 valence electrons. The molecule has 0 aliphatic carbocycles. The molecule has 4 heteroatoms. The maximum Gasteiger partial charge on any atom is 0.251 e. The van der Waals surface area contributed by atoms with Crippen LogP contribution in [0.3, 0.4) is 0 Å². The molecule has 0 spiro atoms. The molecule has 1 N–H and O–H groups in total. The molecule has 0 aliphatic heterocycles. The molecule has 0 unspecified atom stereocenters. The van der Waals surface area contributed by atoms with Gasteiger partial charge in [0.05, 0.1) is 0 Å². The molecule has 2 aromatic carbocycles. The second kappa shape index (κ2) is 7.79. The number of carbonyl (C=O) groups excluding carboxylic acids is 1. The molecule has 3 rings (SSSR count). The monoisotopic (exact) mass is 333 g/mol. The number of rotatable bonds is 6. The molecule has 0 bridgehead atoms. The van der Waals surface area contributed by atoms with Gasteiger partial charge >= 0.3 is 0 Å². The van der Waals surface area contributed by atoms with E-state index in [1.807, 2.05) is 62.6 Å². The van der Waals surface area contributed by atoms with Gasteiger partial charge in [0.25, 0.3) is 5.91 Å². The quantitative estimate of drug-likeness (QED) is 0.693. The van der Waals surface area contributed by atoms with Crippen LogP contribution in [0.2, 0.25) is 0 Å². The van der Waals surface area contributed by atoms with E-state index in [9.17, 15) is 4.79 Å². The van der Waals surface area contributed by atoms with Gasteiger partial charge in [-0.05, 0) is 31.9 Å². The van der Waals surface area contributed by atoms with E-state index >= 15 is 0 Å². The summed E-state index contributed by atoms with van der Waals surface area (Å²) in [6, 6.07) is 16.0. The van der Waals surface area contributed by atoms with Gasteiger partial charge in [0, 0.05) is 36.6 Å². The van der Waals surface area contributed by atoms with E-state index < -0.39 is 0 Å². The number of benzene rings is 2. The first-order valence-electron chi connectivity index (χ1n) is 8.57. The zero-order valence-electron chi connectivity index (χ0n) is 14.7. The first kappa shape index (κ1) is 17.0. The topological polar surface area (TPSA) is 46.9 Å². The first-order chi connectivity index (χ1) is 12.1. The highest BCUT2D eigenvalue weighted by Gasteiger charge is 2.09. The predicted molar refractivity (Wildman–Crippen MR) is 101 cm³/mol. The van der Waals surface area contributed by atoms with Crippen molar-refractivity contribution >= 4 is 5.91 Å². The van der Waals surface area contributed by atoms with Gasteiger partial charge < -0.3 is 9.88 Å². The summed E-state index contributed by atoms with van der Waals surface area (Å²) < 4.78 is 2.12. The molecule has 0 radical (unpaired) electrons. The van der Waals surface area contributed by atoms with Crippen LogP contribution in [-0.4, -0.2) is 22.0 Å². The Bertz CT molecular complexity index is 853. The Hall–Kier alpha value is -2.88. The van der Waals surface area contributed by atoms with E-state index in [2.05, 4.69) is 27.0 Å². The van der Waals surface area contributed by atoms with Crippen LogP contribution >= 0.6 is 0 Å². The van der Waals surface area contributed by atoms with Crippen molar-refractivity contribution in [2.75, 3.05) is 6.54 Å². The van der Waals surface area contributed by atoms with E-state index in [-0.39, 0.29) is 5.91 Å². The fourth-order valence-electron chi connectivity index (χ4n) is 2.95. The van der Waals surface area contributed by atoms with Crippen molar-refractivity contribution in [2.45, 2.75) is 26.8 Å². The second-order valence-electron chi connectivity index (χ2n) is 6.24. The maximum atomic E-state index is 12.3. The van der Waals surface area contributed by atoms with Gasteiger partial charge in [-0.15, -0.1) is 0 Å². The Balaban J connectivity index is 1.54. The Morgan fingerprint density at radius 1 is 1.12 bits per heavy atom. The third kappa shape index (κ3) is 4.15. The summed E-state index contributed by atoms with van der Waals surface area (Å²) >= 11 is 0. The molecular weight excluding hydrogens is 310 g/mol. The number of hydrogen-bond acceptors (Lipinski definition) is 2. The van der Waals surface area contributed by atoms with Crippen LogP contribution in [0.5, 0.6) is 0 Å². The summed E-state index contributed by atoms with van der Waals surface area (Å²) in [6.07, 6.45) is 4.65. The van der Waals surface area contributed by atoms with E-state index in [1.54, 1.807) is 0 Å². The van der Waals surface area contributed by atoms with Crippen LogP contribution in [0.25, 0.3) is 11.4 Å². The van der Waals surface area contributed by atoms with Crippen LogP contribution in [0, 0.1) is 13.8 Å². The SMILES string of the molecule is Cc1ccc(C(=O)NCCCn2ccnc2-c2ccccc2)c(C)c1. The van der Waals surface area contributed by atoms with Gasteiger partial charge in [0.1, 0.15) is 5.82 Å². The third-order valence-corrected chi connectivity index (χ3v) is 4.24. The Kier molecular flexibility index (Phi) is 5.29. The molecule has 0 saturated heterocycles. The number of aromatic nitrogens is 2. The highest BCUT2D eigenvalue weighted by Crippen LogP contribution is 2.17. The van der Waals surface area contributed by atoms with Crippen molar-refractivity contribution in [1.82, 2.24) is 14.9 Å². The zero-order chi connectivity index (χ0) is 17.6. The fourth-order valence-corrected chi connectivity index (χ4v) is 2.95. The molecule has 0 atom stereocenters. The minimum atomic E-state index is -0.00795. The van der Waals surface area contributed by atoms with E-state index in [1.165, 1.54) is 5.56 Å². The number of amides is 1. The fraction of sp³-hybridized carbons (Fsp3) is 0.238. The van der Waals surface area contributed by atoms with Gasteiger partial charge in [0.15, 0.2) is 0 Å². The average Bonchev–Trinajstić information content (AvgIpc) is 3.08. The van der Waals surface area contributed by atoms with Gasteiger partial charge in [-0.1, -0.05) is 48.0 Å². The van der Waals surface area contributed by atoms with E-state index in [0.717, 1.165) is 35.5 Å². The van der Waals surface area contributed by atoms with Crippen molar-refractivity contribution in [1.29, 1.82) is 0 Å². The lowest BCUT2D eigenvalue weighted by atomic mass is 10.1. The number of hydrogen-bond donors (Lipinski definition) is 1. The summed E-state index contributed by atoms with van der Waals surface area (Å²) in [5.74, 6) is 0.952. The molecule has 4 nitrogen and oxygen atoms in total. The maximum absolute atomic E-state index is 12.3. The summed E-state index contributed by atoms with van der Waals surface area (Å²) in [5.41, 5.74) is 4.03. The van der Waals surface area contributed by atoms with Crippen LogP contribution in [0.4, 0.5) is 0 Å². The lowest BCUT2D eigenvalue weighted by Crippen LogP contribution is -2.26. The highest BCUT2D eigenvalue weighted by atomic mass is 16.1. The third-order valence-electron chi connectivity index (χ3n) is 4.24. The molecule has 1 aromatic heterocycles. The van der Waals surface area contributed by atoms with Crippen molar-refractivity contribution in [3.05, 3.63) is 77.6 Å². The summed E-state index contributed by atoms with van der Waals surface area (Å²) in [4.78, 5) is 16.7. The van der Waals surface area contributed by atoms with Crippen molar-refractivity contribution in [2.24, 2.45) is 0 Å². The number of aryl methyl sites for hydroxylation is 3. The summed E-state index contributed by atoms with van der Waals surface area (Å²) in [7, 11) is 0. The number of nitrogens with zero attached hydrogens (tertiary/aromatic N) is 2. The minimum Gasteiger partial charge on any atom is -0.352 e. The highest BCUT2D eigenvalue weighted by molar-refractivity contribution is 5.95. The van der Waals surface area contributed by atoms with Gasteiger partial charge in [0.2, 0.25) is 0 Å².